The quantitative estimate of drug-likeness (QED) is 0.480. The summed E-state index contributed by atoms with van der Waals surface area (Å²) in [7, 11) is -3.48. The predicted molar refractivity (Wildman–Crippen MR) is 46.5 cm³/mol. The van der Waals surface area contributed by atoms with Gasteiger partial charge in [0.1, 0.15) is 10.6 Å². The zero-order chi connectivity index (χ0) is 11.4. The predicted octanol–water partition coefficient (Wildman–Crippen LogP) is -0.618. The van der Waals surface area contributed by atoms with Gasteiger partial charge in [-0.25, -0.2) is 13.2 Å². The molecule has 0 aromatic carbocycles. The Kier molecular flexibility index (Phi) is 1.94. The van der Waals surface area contributed by atoms with Crippen molar-refractivity contribution in [2.75, 3.05) is 0 Å². The SMILES string of the molecule is C[C@@H]1[C@H](OC(=O)O)N2C(=O)C[C@H]2S1(=O)=O. The standard InChI is InChI=1S/C7H9NO6S/c1-3-6(14-7(10)11)8-4(9)2-5(8)15(3,12)13/h3,5-6H,2H2,1H3,(H,10,11)/t3-,5-,6+/m1/s1. The van der Waals surface area contributed by atoms with Crippen molar-refractivity contribution >= 4 is 21.9 Å². The summed E-state index contributed by atoms with van der Waals surface area (Å²) in [5.74, 6) is -0.390. The average Bonchev–Trinajstić information content (AvgIpc) is 2.23. The fraction of sp³-hybridized carbons (Fsp3) is 0.714. The van der Waals surface area contributed by atoms with Crippen molar-refractivity contribution in [2.24, 2.45) is 0 Å². The van der Waals surface area contributed by atoms with Crippen LogP contribution in [0, 0.1) is 0 Å². The van der Waals surface area contributed by atoms with Crippen LogP contribution < -0.4 is 0 Å². The maximum Gasteiger partial charge on any atom is 0.507 e. The van der Waals surface area contributed by atoms with Crippen molar-refractivity contribution in [1.29, 1.82) is 0 Å². The van der Waals surface area contributed by atoms with Gasteiger partial charge in [-0.15, -0.1) is 0 Å². The molecule has 1 amide bonds. The normalized spacial score (nSPS) is 37.0. The molecule has 0 radical (unpaired) electrons. The van der Waals surface area contributed by atoms with Gasteiger partial charge in [-0.1, -0.05) is 0 Å². The lowest BCUT2D eigenvalue weighted by atomic mass is 10.2. The maximum atomic E-state index is 11.6. The van der Waals surface area contributed by atoms with Crippen LogP contribution in [0.25, 0.3) is 0 Å². The van der Waals surface area contributed by atoms with E-state index in [1.54, 1.807) is 0 Å². The van der Waals surface area contributed by atoms with Crippen molar-refractivity contribution in [3.05, 3.63) is 0 Å². The van der Waals surface area contributed by atoms with Crippen molar-refractivity contribution in [3.8, 4) is 0 Å². The molecule has 0 aromatic rings. The van der Waals surface area contributed by atoms with Crippen LogP contribution in [-0.2, 0) is 19.4 Å². The Morgan fingerprint density at radius 1 is 1.60 bits per heavy atom. The Hall–Kier alpha value is -1.31. The maximum absolute atomic E-state index is 11.6. The zero-order valence-corrected chi connectivity index (χ0v) is 8.60. The molecule has 8 heteroatoms. The molecule has 0 spiro atoms. The molecule has 0 saturated carbocycles. The summed E-state index contributed by atoms with van der Waals surface area (Å²) >= 11 is 0. The minimum absolute atomic E-state index is 0.0772. The number of fused-ring (bicyclic) bond motifs is 1. The van der Waals surface area contributed by atoms with Crippen LogP contribution in [0.4, 0.5) is 4.79 Å². The Morgan fingerprint density at radius 3 is 2.67 bits per heavy atom. The van der Waals surface area contributed by atoms with Gasteiger partial charge >= 0.3 is 6.16 Å². The fourth-order valence-corrected chi connectivity index (χ4v) is 3.81. The molecule has 2 heterocycles. The molecule has 2 aliphatic rings. The summed E-state index contributed by atoms with van der Waals surface area (Å²) in [5, 5.41) is 6.53. The highest BCUT2D eigenvalue weighted by Gasteiger charge is 2.61. The third kappa shape index (κ3) is 1.21. The van der Waals surface area contributed by atoms with Gasteiger partial charge < -0.3 is 9.84 Å². The van der Waals surface area contributed by atoms with Gasteiger partial charge in [0.15, 0.2) is 16.1 Å². The monoisotopic (exact) mass is 235 g/mol. The van der Waals surface area contributed by atoms with E-state index in [9.17, 15) is 18.0 Å². The van der Waals surface area contributed by atoms with Crippen LogP contribution in [0.1, 0.15) is 13.3 Å². The molecule has 84 valence electrons. The summed E-state index contributed by atoms with van der Waals surface area (Å²) in [5.41, 5.74) is 0. The number of nitrogens with zero attached hydrogens (tertiary/aromatic N) is 1. The molecule has 3 atom stereocenters. The molecule has 0 bridgehead atoms. The van der Waals surface area contributed by atoms with E-state index in [0.717, 1.165) is 4.90 Å². The molecule has 2 saturated heterocycles. The molecule has 0 unspecified atom stereocenters. The first-order chi connectivity index (χ1) is 6.85. The second-order valence-corrected chi connectivity index (χ2v) is 5.99. The first-order valence-electron chi connectivity index (χ1n) is 4.29. The van der Waals surface area contributed by atoms with Crippen molar-refractivity contribution in [2.45, 2.75) is 30.2 Å². The second-order valence-electron chi connectivity index (χ2n) is 3.53. The van der Waals surface area contributed by atoms with E-state index in [1.807, 2.05) is 0 Å². The van der Waals surface area contributed by atoms with Gasteiger partial charge in [0.25, 0.3) is 0 Å². The molecule has 2 aliphatic heterocycles. The number of amides is 1. The number of carbonyl (C=O) groups excluding carboxylic acids is 1. The van der Waals surface area contributed by atoms with Crippen LogP contribution in [-0.4, -0.2) is 47.3 Å². The van der Waals surface area contributed by atoms with Crippen LogP contribution in [0.15, 0.2) is 0 Å². The van der Waals surface area contributed by atoms with Crippen LogP contribution in [0.3, 0.4) is 0 Å². The summed E-state index contributed by atoms with van der Waals surface area (Å²) in [6.07, 6.45) is -2.85. The van der Waals surface area contributed by atoms with E-state index in [1.165, 1.54) is 6.92 Å². The number of β-lactam (4-membered cyclic amide) rings is 1. The molecule has 0 aromatic heterocycles. The van der Waals surface area contributed by atoms with E-state index in [0.29, 0.717) is 0 Å². The zero-order valence-electron chi connectivity index (χ0n) is 7.78. The second kappa shape index (κ2) is 2.84. The molecule has 7 nitrogen and oxygen atoms in total. The lowest BCUT2D eigenvalue weighted by Gasteiger charge is -2.35. The third-order valence-corrected chi connectivity index (χ3v) is 5.16. The molecule has 15 heavy (non-hydrogen) atoms. The van der Waals surface area contributed by atoms with Gasteiger partial charge in [0.2, 0.25) is 5.91 Å². The van der Waals surface area contributed by atoms with E-state index >= 15 is 0 Å². The Balaban J connectivity index is 2.32. The molecular formula is C7H9NO6S. The minimum atomic E-state index is -3.48. The average molecular weight is 235 g/mol. The first kappa shape index (κ1) is 10.2. The topological polar surface area (TPSA) is 101 Å². The fourth-order valence-electron chi connectivity index (χ4n) is 1.87. The van der Waals surface area contributed by atoms with E-state index in [4.69, 9.17) is 5.11 Å². The molecule has 2 rings (SSSR count). The number of hydrogen-bond donors (Lipinski definition) is 1. The molecule has 0 aliphatic carbocycles. The van der Waals surface area contributed by atoms with E-state index in [2.05, 4.69) is 4.74 Å². The lowest BCUT2D eigenvalue weighted by Crippen LogP contribution is -2.54. The van der Waals surface area contributed by atoms with Crippen molar-refractivity contribution in [3.63, 3.8) is 0 Å². The number of rotatable bonds is 1. The lowest BCUT2D eigenvalue weighted by molar-refractivity contribution is -0.154. The van der Waals surface area contributed by atoms with Gasteiger partial charge in [-0.05, 0) is 6.92 Å². The minimum Gasteiger partial charge on any atom is -0.450 e. The highest BCUT2D eigenvalue weighted by atomic mass is 32.2. The molecule has 2 fully saturated rings. The van der Waals surface area contributed by atoms with Crippen LogP contribution in [0.2, 0.25) is 0 Å². The first-order valence-corrected chi connectivity index (χ1v) is 5.90. The highest BCUT2D eigenvalue weighted by Crippen LogP contribution is 2.39. The van der Waals surface area contributed by atoms with E-state index in [-0.39, 0.29) is 12.3 Å². The number of ether oxygens (including phenoxy) is 1. The van der Waals surface area contributed by atoms with E-state index < -0.39 is 32.8 Å². The van der Waals surface area contributed by atoms with Crippen molar-refractivity contribution in [1.82, 2.24) is 4.90 Å². The summed E-state index contributed by atoms with van der Waals surface area (Å²) in [6.45, 7) is 1.34. The smallest absolute Gasteiger partial charge is 0.450 e. The van der Waals surface area contributed by atoms with Gasteiger partial charge in [-0.3, -0.25) is 9.69 Å². The van der Waals surface area contributed by atoms with Crippen molar-refractivity contribution < 1.29 is 27.9 Å². The van der Waals surface area contributed by atoms with Crippen LogP contribution in [0.5, 0.6) is 0 Å². The Bertz CT molecular complexity index is 429. The largest absolute Gasteiger partial charge is 0.507 e. The van der Waals surface area contributed by atoms with Gasteiger partial charge in [-0.2, -0.15) is 0 Å². The molecular weight excluding hydrogens is 226 g/mol. The number of carboxylic acid groups (broad SMARTS) is 1. The summed E-state index contributed by atoms with van der Waals surface area (Å²) in [6, 6.07) is 0. The summed E-state index contributed by atoms with van der Waals surface area (Å²) in [4.78, 5) is 22.4. The number of hydrogen-bond acceptors (Lipinski definition) is 5. The summed E-state index contributed by atoms with van der Waals surface area (Å²) < 4.78 is 27.7. The van der Waals surface area contributed by atoms with Gasteiger partial charge in [0, 0.05) is 0 Å². The Morgan fingerprint density at radius 2 is 2.20 bits per heavy atom. The number of carbonyl (C=O) groups is 2. The Labute approximate surface area is 85.5 Å². The van der Waals surface area contributed by atoms with Crippen LogP contribution >= 0.6 is 0 Å². The molecule has 1 N–H and O–H groups in total. The highest BCUT2D eigenvalue weighted by molar-refractivity contribution is 7.93. The van der Waals surface area contributed by atoms with Gasteiger partial charge in [0.05, 0.1) is 6.42 Å². The third-order valence-electron chi connectivity index (χ3n) is 2.74. The number of sulfone groups is 1.